The third kappa shape index (κ3) is 4.38. The Morgan fingerprint density at radius 3 is 2.40 bits per heavy atom. The minimum Gasteiger partial charge on any atom is -0.352 e. The van der Waals surface area contributed by atoms with Gasteiger partial charge in [-0.25, -0.2) is 0 Å². The zero-order chi connectivity index (χ0) is 11.1. The summed E-state index contributed by atoms with van der Waals surface area (Å²) >= 11 is 4.01. The Hall–Kier alpha value is -0.960. The van der Waals surface area contributed by atoms with Crippen LogP contribution in [-0.2, 0) is 17.8 Å². The third-order valence-electron chi connectivity index (χ3n) is 2.26. The molecular weight excluding hydrogens is 206 g/mol. The van der Waals surface area contributed by atoms with Gasteiger partial charge in [0.2, 0.25) is 5.91 Å². The molecule has 0 spiro atoms. The van der Waals surface area contributed by atoms with Crippen molar-refractivity contribution in [1.29, 1.82) is 0 Å². The summed E-state index contributed by atoms with van der Waals surface area (Å²) in [6.07, 6.45) is 1.53. The fourth-order valence-electron chi connectivity index (χ4n) is 1.28. The van der Waals surface area contributed by atoms with Crippen LogP contribution >= 0.6 is 12.6 Å². The lowest BCUT2D eigenvalue weighted by atomic mass is 10.1. The van der Waals surface area contributed by atoms with Gasteiger partial charge in [0.25, 0.3) is 0 Å². The molecule has 1 aromatic carbocycles. The lowest BCUT2D eigenvalue weighted by Crippen LogP contribution is -2.22. The van der Waals surface area contributed by atoms with Gasteiger partial charge in [-0.05, 0) is 23.3 Å². The number of hydrogen-bond acceptors (Lipinski definition) is 2. The molecule has 0 fully saturated rings. The van der Waals surface area contributed by atoms with Crippen molar-refractivity contribution in [2.24, 2.45) is 0 Å². The molecule has 0 heterocycles. The molecule has 15 heavy (non-hydrogen) atoms. The number of rotatable bonds is 5. The summed E-state index contributed by atoms with van der Waals surface area (Å²) in [7, 11) is 0. The highest BCUT2D eigenvalue weighted by molar-refractivity contribution is 7.80. The van der Waals surface area contributed by atoms with Crippen molar-refractivity contribution in [2.45, 2.75) is 26.3 Å². The summed E-state index contributed by atoms with van der Waals surface area (Å²) in [5.74, 6) is 0.658. The minimum atomic E-state index is 0.0598. The predicted octanol–water partition coefficient (Wildman–Crippen LogP) is 2.19. The zero-order valence-electron chi connectivity index (χ0n) is 8.99. The molecule has 0 aliphatic carbocycles. The third-order valence-corrected chi connectivity index (χ3v) is 2.48. The van der Waals surface area contributed by atoms with Crippen LogP contribution in [-0.4, -0.2) is 11.7 Å². The molecule has 1 aromatic rings. The maximum absolute atomic E-state index is 11.2. The molecular formula is C12H17NOS. The first-order valence-corrected chi connectivity index (χ1v) is 5.85. The fourth-order valence-corrected chi connectivity index (χ4v) is 1.49. The number of amides is 1. The summed E-state index contributed by atoms with van der Waals surface area (Å²) in [6.45, 7) is 2.74. The van der Waals surface area contributed by atoms with Gasteiger partial charge in [0.05, 0.1) is 0 Å². The molecule has 0 bridgehead atoms. The summed E-state index contributed by atoms with van der Waals surface area (Å²) in [5.41, 5.74) is 2.46. The van der Waals surface area contributed by atoms with Crippen LogP contribution in [0.25, 0.3) is 0 Å². The van der Waals surface area contributed by atoms with E-state index in [2.05, 4.69) is 49.1 Å². The van der Waals surface area contributed by atoms with Crippen molar-refractivity contribution in [3.05, 3.63) is 35.4 Å². The average molecular weight is 223 g/mol. The molecule has 0 saturated carbocycles. The van der Waals surface area contributed by atoms with Crippen LogP contribution < -0.4 is 5.32 Å². The van der Waals surface area contributed by atoms with Gasteiger partial charge in [-0.1, -0.05) is 31.2 Å². The first-order valence-electron chi connectivity index (χ1n) is 5.21. The quantitative estimate of drug-likeness (QED) is 0.736. The normalized spacial score (nSPS) is 10.0. The van der Waals surface area contributed by atoms with Crippen LogP contribution in [0.3, 0.4) is 0 Å². The average Bonchev–Trinajstić information content (AvgIpc) is 2.27. The number of carbonyl (C=O) groups excluding carboxylic acids is 1. The second kappa shape index (κ2) is 6.51. The van der Waals surface area contributed by atoms with Gasteiger partial charge < -0.3 is 5.32 Å². The van der Waals surface area contributed by atoms with E-state index < -0.39 is 0 Å². The van der Waals surface area contributed by atoms with Crippen LogP contribution in [0.2, 0.25) is 0 Å². The largest absolute Gasteiger partial charge is 0.352 e. The Labute approximate surface area is 96.5 Å². The Kier molecular flexibility index (Phi) is 5.26. The number of aryl methyl sites for hydroxylation is 1. The maximum atomic E-state index is 11.2. The monoisotopic (exact) mass is 223 g/mol. The lowest BCUT2D eigenvalue weighted by Gasteiger charge is -2.05. The van der Waals surface area contributed by atoms with Gasteiger partial charge in [0, 0.05) is 13.0 Å². The summed E-state index contributed by atoms with van der Waals surface area (Å²) in [5, 5.41) is 2.85. The van der Waals surface area contributed by atoms with E-state index in [1.54, 1.807) is 0 Å². The maximum Gasteiger partial charge on any atom is 0.221 e. The lowest BCUT2D eigenvalue weighted by molar-refractivity contribution is -0.120. The first kappa shape index (κ1) is 12.1. The molecule has 0 aromatic heterocycles. The highest BCUT2D eigenvalue weighted by Crippen LogP contribution is 2.04. The molecule has 1 amide bonds. The second-order valence-corrected chi connectivity index (χ2v) is 3.87. The van der Waals surface area contributed by atoms with Gasteiger partial charge in [0.1, 0.15) is 0 Å². The number of benzene rings is 1. The number of thiol groups is 1. The highest BCUT2D eigenvalue weighted by Gasteiger charge is 1.99. The van der Waals surface area contributed by atoms with E-state index in [1.807, 2.05) is 0 Å². The highest BCUT2D eigenvalue weighted by atomic mass is 32.1. The van der Waals surface area contributed by atoms with Crippen molar-refractivity contribution in [1.82, 2.24) is 5.32 Å². The van der Waals surface area contributed by atoms with Gasteiger partial charge in [-0.3, -0.25) is 4.79 Å². The van der Waals surface area contributed by atoms with E-state index in [1.165, 1.54) is 5.56 Å². The molecule has 0 aliphatic heterocycles. The Morgan fingerprint density at radius 2 is 1.87 bits per heavy atom. The molecule has 0 aliphatic rings. The van der Waals surface area contributed by atoms with Crippen molar-refractivity contribution in [2.75, 3.05) is 5.75 Å². The van der Waals surface area contributed by atoms with Gasteiger partial charge in [-0.15, -0.1) is 0 Å². The van der Waals surface area contributed by atoms with Crippen molar-refractivity contribution in [3.63, 3.8) is 0 Å². The summed E-state index contributed by atoms with van der Waals surface area (Å²) in [4.78, 5) is 11.2. The van der Waals surface area contributed by atoms with E-state index in [0.717, 1.165) is 12.0 Å². The Balaban J connectivity index is 2.40. The van der Waals surface area contributed by atoms with Crippen LogP contribution in [0, 0.1) is 0 Å². The van der Waals surface area contributed by atoms with Crippen molar-refractivity contribution >= 4 is 18.5 Å². The van der Waals surface area contributed by atoms with Gasteiger partial charge >= 0.3 is 0 Å². The molecule has 1 N–H and O–H groups in total. The molecule has 1 rings (SSSR count). The SMILES string of the molecule is CCc1ccc(CNC(=O)CCS)cc1. The molecule has 0 radical (unpaired) electrons. The number of carbonyl (C=O) groups is 1. The van der Waals surface area contributed by atoms with Crippen LogP contribution in [0.15, 0.2) is 24.3 Å². The number of hydrogen-bond donors (Lipinski definition) is 2. The van der Waals surface area contributed by atoms with E-state index in [0.29, 0.717) is 18.7 Å². The standard InChI is InChI=1S/C12H17NOS/c1-2-10-3-5-11(6-4-10)9-13-12(14)7-8-15/h3-6,15H,2,7-9H2,1H3,(H,13,14). The Morgan fingerprint density at radius 1 is 1.27 bits per heavy atom. The predicted molar refractivity (Wildman–Crippen MR) is 66.1 cm³/mol. The second-order valence-electron chi connectivity index (χ2n) is 3.42. The van der Waals surface area contributed by atoms with E-state index in [-0.39, 0.29) is 5.91 Å². The fraction of sp³-hybridized carbons (Fsp3) is 0.417. The van der Waals surface area contributed by atoms with Crippen LogP contribution in [0.5, 0.6) is 0 Å². The molecule has 2 nitrogen and oxygen atoms in total. The minimum absolute atomic E-state index is 0.0598. The molecule has 3 heteroatoms. The smallest absolute Gasteiger partial charge is 0.221 e. The van der Waals surface area contributed by atoms with Gasteiger partial charge in [-0.2, -0.15) is 12.6 Å². The Bertz CT molecular complexity index is 308. The molecule has 82 valence electrons. The molecule has 0 atom stereocenters. The summed E-state index contributed by atoms with van der Waals surface area (Å²) in [6, 6.07) is 8.31. The summed E-state index contributed by atoms with van der Waals surface area (Å²) < 4.78 is 0. The van der Waals surface area contributed by atoms with Gasteiger partial charge in [0.15, 0.2) is 0 Å². The molecule has 0 saturated heterocycles. The zero-order valence-corrected chi connectivity index (χ0v) is 9.89. The molecule has 0 unspecified atom stereocenters. The van der Waals surface area contributed by atoms with E-state index in [9.17, 15) is 4.79 Å². The van der Waals surface area contributed by atoms with Crippen LogP contribution in [0.1, 0.15) is 24.5 Å². The van der Waals surface area contributed by atoms with E-state index in [4.69, 9.17) is 0 Å². The van der Waals surface area contributed by atoms with Crippen molar-refractivity contribution in [3.8, 4) is 0 Å². The van der Waals surface area contributed by atoms with Crippen molar-refractivity contribution < 1.29 is 4.79 Å². The topological polar surface area (TPSA) is 29.1 Å². The first-order chi connectivity index (χ1) is 7.26. The van der Waals surface area contributed by atoms with E-state index >= 15 is 0 Å². The van der Waals surface area contributed by atoms with Crippen LogP contribution in [0.4, 0.5) is 0 Å². The number of nitrogens with one attached hydrogen (secondary N) is 1.